The van der Waals surface area contributed by atoms with Gasteiger partial charge in [0.1, 0.15) is 17.1 Å². The molecule has 0 saturated carbocycles. The average molecular weight is 348 g/mol. The summed E-state index contributed by atoms with van der Waals surface area (Å²) in [5.74, 6) is 1.15. The third kappa shape index (κ3) is 4.00. The maximum atomic E-state index is 12.5. The van der Waals surface area contributed by atoms with Crippen LogP contribution in [0.3, 0.4) is 0 Å². The summed E-state index contributed by atoms with van der Waals surface area (Å²) in [7, 11) is 1.63. The molecule has 1 N–H and O–H groups in total. The first-order valence-corrected chi connectivity index (χ1v) is 8.23. The average Bonchev–Trinajstić information content (AvgIpc) is 3.00. The second-order valence-electron chi connectivity index (χ2n) is 5.93. The van der Waals surface area contributed by atoms with E-state index in [1.807, 2.05) is 55.5 Å². The van der Waals surface area contributed by atoms with E-state index in [1.165, 1.54) is 0 Å². The molecule has 0 aliphatic rings. The molecule has 1 heterocycles. The summed E-state index contributed by atoms with van der Waals surface area (Å²) in [4.78, 5) is 12.5. The molecule has 3 aromatic rings. The lowest BCUT2D eigenvalue weighted by Crippen LogP contribution is -2.12. The van der Waals surface area contributed by atoms with Crippen LogP contribution in [-0.4, -0.2) is 18.2 Å². The van der Waals surface area contributed by atoms with E-state index in [1.54, 1.807) is 26.2 Å². The summed E-state index contributed by atoms with van der Waals surface area (Å²) in [6.07, 6.45) is 3.71. The third-order valence-corrected chi connectivity index (χ3v) is 3.99. The van der Waals surface area contributed by atoms with Gasteiger partial charge in [-0.1, -0.05) is 41.1 Å². The number of rotatable bonds is 5. The van der Waals surface area contributed by atoms with Gasteiger partial charge in [-0.2, -0.15) is 0 Å². The van der Waals surface area contributed by atoms with E-state index in [9.17, 15) is 4.79 Å². The lowest BCUT2D eigenvalue weighted by atomic mass is 10.1. The van der Waals surface area contributed by atoms with Crippen LogP contribution < -0.4 is 10.1 Å². The number of hydrogen-bond donors (Lipinski definition) is 1. The molecule has 1 aromatic heterocycles. The zero-order valence-electron chi connectivity index (χ0n) is 14.9. The highest BCUT2D eigenvalue weighted by Gasteiger charge is 2.14. The molecule has 2 aromatic carbocycles. The number of amides is 1. The predicted octanol–water partition coefficient (Wildman–Crippen LogP) is 4.72. The third-order valence-electron chi connectivity index (χ3n) is 3.99. The van der Waals surface area contributed by atoms with E-state index < -0.39 is 0 Å². The van der Waals surface area contributed by atoms with Crippen LogP contribution in [0.4, 0.5) is 5.69 Å². The summed E-state index contributed by atoms with van der Waals surface area (Å²) in [6, 6.07) is 15.0. The minimum absolute atomic E-state index is 0.199. The van der Waals surface area contributed by atoms with Crippen molar-refractivity contribution in [2.45, 2.75) is 13.8 Å². The van der Waals surface area contributed by atoms with Crippen molar-refractivity contribution in [1.29, 1.82) is 0 Å². The maximum absolute atomic E-state index is 12.5. The van der Waals surface area contributed by atoms with Crippen LogP contribution in [0.25, 0.3) is 12.2 Å². The van der Waals surface area contributed by atoms with Crippen molar-refractivity contribution in [3.63, 3.8) is 0 Å². The van der Waals surface area contributed by atoms with Gasteiger partial charge >= 0.3 is 0 Å². The van der Waals surface area contributed by atoms with Gasteiger partial charge in [0.15, 0.2) is 5.76 Å². The Morgan fingerprint density at radius 3 is 2.38 bits per heavy atom. The second kappa shape index (κ2) is 7.70. The number of ether oxygens (including phenoxy) is 1. The largest absolute Gasteiger partial charge is 0.497 e. The highest BCUT2D eigenvalue weighted by molar-refractivity contribution is 6.05. The van der Waals surface area contributed by atoms with Gasteiger partial charge in [-0.3, -0.25) is 4.79 Å². The normalized spacial score (nSPS) is 10.9. The molecule has 0 bridgehead atoms. The number of carbonyl (C=O) groups excluding carboxylic acids is 1. The molecule has 0 aliphatic heterocycles. The standard InChI is InChI=1S/C21H20N2O3/c1-14-4-9-17(10-5-14)21(24)22-20-15(2)26-23-19(20)13-8-16-6-11-18(25-3)12-7-16/h4-13H,1-3H3,(H,22,24). The summed E-state index contributed by atoms with van der Waals surface area (Å²) in [5.41, 5.74) is 3.81. The maximum Gasteiger partial charge on any atom is 0.255 e. The fraction of sp³-hybridized carbons (Fsp3) is 0.143. The van der Waals surface area contributed by atoms with Gasteiger partial charge in [0.25, 0.3) is 5.91 Å². The number of nitrogens with zero attached hydrogens (tertiary/aromatic N) is 1. The smallest absolute Gasteiger partial charge is 0.255 e. The monoisotopic (exact) mass is 348 g/mol. The molecule has 0 atom stereocenters. The summed E-state index contributed by atoms with van der Waals surface area (Å²) in [6.45, 7) is 3.75. The Morgan fingerprint density at radius 2 is 1.73 bits per heavy atom. The zero-order valence-corrected chi connectivity index (χ0v) is 14.9. The van der Waals surface area contributed by atoms with Crippen LogP contribution in [0, 0.1) is 13.8 Å². The van der Waals surface area contributed by atoms with Gasteiger partial charge in [-0.15, -0.1) is 0 Å². The van der Waals surface area contributed by atoms with Crippen LogP contribution in [-0.2, 0) is 0 Å². The van der Waals surface area contributed by atoms with Crippen molar-refractivity contribution in [2.75, 3.05) is 12.4 Å². The molecule has 132 valence electrons. The van der Waals surface area contributed by atoms with Gasteiger partial charge in [0.2, 0.25) is 0 Å². The molecule has 0 fully saturated rings. The lowest BCUT2D eigenvalue weighted by Gasteiger charge is -2.05. The number of aryl methyl sites for hydroxylation is 2. The molecular weight excluding hydrogens is 328 g/mol. The molecule has 0 unspecified atom stereocenters. The molecule has 3 rings (SSSR count). The van der Waals surface area contributed by atoms with Crippen LogP contribution in [0.5, 0.6) is 5.75 Å². The van der Waals surface area contributed by atoms with Crippen LogP contribution in [0.1, 0.15) is 32.9 Å². The molecule has 5 heteroatoms. The van der Waals surface area contributed by atoms with Gasteiger partial charge in [-0.05, 0) is 49.8 Å². The summed E-state index contributed by atoms with van der Waals surface area (Å²) >= 11 is 0. The minimum atomic E-state index is -0.199. The second-order valence-corrected chi connectivity index (χ2v) is 5.93. The number of benzene rings is 2. The molecule has 0 radical (unpaired) electrons. The summed E-state index contributed by atoms with van der Waals surface area (Å²) < 4.78 is 10.4. The zero-order chi connectivity index (χ0) is 18.5. The van der Waals surface area contributed by atoms with Crippen molar-refractivity contribution in [3.8, 4) is 5.75 Å². The van der Waals surface area contributed by atoms with Crippen molar-refractivity contribution >= 4 is 23.7 Å². The number of methoxy groups -OCH3 is 1. The Hall–Kier alpha value is -3.34. The Bertz CT molecular complexity index is 923. The van der Waals surface area contributed by atoms with Crippen molar-refractivity contribution in [1.82, 2.24) is 5.16 Å². The van der Waals surface area contributed by atoms with Crippen LogP contribution >= 0.6 is 0 Å². The van der Waals surface area contributed by atoms with E-state index in [-0.39, 0.29) is 5.91 Å². The quantitative estimate of drug-likeness (QED) is 0.724. The molecule has 0 aliphatic carbocycles. The molecule has 26 heavy (non-hydrogen) atoms. The molecule has 1 amide bonds. The minimum Gasteiger partial charge on any atom is -0.497 e. The number of aromatic nitrogens is 1. The van der Waals surface area contributed by atoms with Crippen molar-refractivity contribution in [2.24, 2.45) is 0 Å². The van der Waals surface area contributed by atoms with Gasteiger partial charge in [-0.25, -0.2) is 0 Å². The fourth-order valence-corrected chi connectivity index (χ4v) is 2.44. The molecule has 0 saturated heterocycles. The van der Waals surface area contributed by atoms with Gasteiger partial charge < -0.3 is 14.6 Å². The highest BCUT2D eigenvalue weighted by atomic mass is 16.5. The SMILES string of the molecule is COc1ccc(C=Cc2noc(C)c2NC(=O)c2ccc(C)cc2)cc1. The predicted molar refractivity (Wildman–Crippen MR) is 102 cm³/mol. The van der Waals surface area contributed by atoms with E-state index in [0.29, 0.717) is 22.7 Å². The Labute approximate surface area is 152 Å². The van der Waals surface area contributed by atoms with Crippen molar-refractivity contribution < 1.29 is 14.1 Å². The fourth-order valence-electron chi connectivity index (χ4n) is 2.44. The first kappa shape index (κ1) is 17.5. The molecule has 5 nitrogen and oxygen atoms in total. The molecule has 0 spiro atoms. The first-order chi connectivity index (χ1) is 12.6. The lowest BCUT2D eigenvalue weighted by molar-refractivity contribution is 0.102. The van der Waals surface area contributed by atoms with E-state index in [0.717, 1.165) is 16.9 Å². The summed E-state index contributed by atoms with van der Waals surface area (Å²) in [5, 5.41) is 6.91. The van der Waals surface area contributed by atoms with E-state index in [4.69, 9.17) is 9.26 Å². The van der Waals surface area contributed by atoms with Crippen LogP contribution in [0.15, 0.2) is 53.1 Å². The van der Waals surface area contributed by atoms with Gasteiger partial charge in [0, 0.05) is 5.56 Å². The van der Waals surface area contributed by atoms with E-state index in [2.05, 4.69) is 10.5 Å². The van der Waals surface area contributed by atoms with Crippen molar-refractivity contribution in [3.05, 3.63) is 76.7 Å². The number of hydrogen-bond acceptors (Lipinski definition) is 4. The molecular formula is C21H20N2O3. The Kier molecular flexibility index (Phi) is 5.17. The Balaban J connectivity index is 1.78. The van der Waals surface area contributed by atoms with Gasteiger partial charge in [0.05, 0.1) is 7.11 Å². The number of nitrogens with one attached hydrogen (secondary N) is 1. The topological polar surface area (TPSA) is 64.4 Å². The first-order valence-electron chi connectivity index (χ1n) is 8.23. The van der Waals surface area contributed by atoms with Crippen LogP contribution in [0.2, 0.25) is 0 Å². The Morgan fingerprint density at radius 1 is 1.04 bits per heavy atom. The van der Waals surface area contributed by atoms with E-state index >= 15 is 0 Å². The highest BCUT2D eigenvalue weighted by Crippen LogP contribution is 2.23. The number of anilines is 1. The number of carbonyl (C=O) groups is 1.